The topological polar surface area (TPSA) is 101 Å². The standard InChI is InChI=1S/C27H30BrN5O2/c1-33(15-14-18-6-3-2-4-7-18)26(35)19-10-12-21(13-11-19)31-27-30-17-23(28)24(32-27)16-20-8-5-9-22(20)25(29)34/h2-4,6-7,10-13,17,20,22H,5,8-9,14-16H2,1H3,(H2,29,34)(H,30,31,32)/t20-,22-/m0/s1. The maximum atomic E-state index is 12.8. The predicted octanol–water partition coefficient (Wildman–Crippen LogP) is 4.74. The average Bonchev–Trinajstić information content (AvgIpc) is 3.34. The molecule has 4 rings (SSSR count). The first-order valence-electron chi connectivity index (χ1n) is 11.9. The van der Waals surface area contributed by atoms with Crippen molar-refractivity contribution in [2.45, 2.75) is 32.1 Å². The largest absolute Gasteiger partial charge is 0.369 e. The molecule has 1 aliphatic rings. The van der Waals surface area contributed by atoms with Gasteiger partial charge >= 0.3 is 0 Å². The van der Waals surface area contributed by atoms with Gasteiger partial charge in [-0.05, 0) is 77.4 Å². The lowest BCUT2D eigenvalue weighted by atomic mass is 9.91. The molecule has 2 aromatic carbocycles. The van der Waals surface area contributed by atoms with Crippen molar-refractivity contribution in [3.63, 3.8) is 0 Å². The lowest BCUT2D eigenvalue weighted by molar-refractivity contribution is -0.122. The van der Waals surface area contributed by atoms with E-state index in [2.05, 4.69) is 43.3 Å². The second-order valence-electron chi connectivity index (χ2n) is 9.06. The number of benzene rings is 2. The highest BCUT2D eigenvalue weighted by Gasteiger charge is 2.32. The molecular formula is C27H30BrN5O2. The maximum Gasteiger partial charge on any atom is 0.253 e. The minimum Gasteiger partial charge on any atom is -0.369 e. The van der Waals surface area contributed by atoms with Crippen molar-refractivity contribution in [3.8, 4) is 0 Å². The van der Waals surface area contributed by atoms with E-state index in [4.69, 9.17) is 5.73 Å². The summed E-state index contributed by atoms with van der Waals surface area (Å²) >= 11 is 3.54. The normalized spacial score (nSPS) is 17.2. The van der Waals surface area contributed by atoms with Gasteiger partial charge in [0, 0.05) is 37.0 Å². The fourth-order valence-electron chi connectivity index (χ4n) is 4.60. The summed E-state index contributed by atoms with van der Waals surface area (Å²) in [4.78, 5) is 35.3. The molecule has 1 aliphatic carbocycles. The van der Waals surface area contributed by atoms with E-state index in [1.807, 2.05) is 37.4 Å². The average molecular weight is 536 g/mol. The molecule has 1 fully saturated rings. The zero-order valence-electron chi connectivity index (χ0n) is 19.8. The van der Waals surface area contributed by atoms with Crippen molar-refractivity contribution < 1.29 is 9.59 Å². The van der Waals surface area contributed by atoms with Crippen LogP contribution in [0.4, 0.5) is 11.6 Å². The summed E-state index contributed by atoms with van der Waals surface area (Å²) in [5, 5.41) is 3.21. The van der Waals surface area contributed by atoms with Crippen LogP contribution >= 0.6 is 15.9 Å². The quantitative estimate of drug-likeness (QED) is 0.412. The molecule has 2 atom stereocenters. The number of aromatic nitrogens is 2. The van der Waals surface area contributed by atoms with Gasteiger partial charge in [-0.15, -0.1) is 0 Å². The van der Waals surface area contributed by atoms with Crippen molar-refractivity contribution in [1.29, 1.82) is 0 Å². The Balaban J connectivity index is 1.37. The fourth-order valence-corrected chi connectivity index (χ4v) is 4.95. The Morgan fingerprint density at radius 2 is 1.86 bits per heavy atom. The summed E-state index contributed by atoms with van der Waals surface area (Å²) in [5.74, 6) is 0.336. The van der Waals surface area contributed by atoms with E-state index < -0.39 is 0 Å². The molecule has 1 heterocycles. The molecule has 0 spiro atoms. The van der Waals surface area contributed by atoms with Gasteiger partial charge in [-0.25, -0.2) is 9.97 Å². The molecular weight excluding hydrogens is 506 g/mol. The van der Waals surface area contributed by atoms with Crippen molar-refractivity contribution in [3.05, 3.63) is 82.1 Å². The maximum absolute atomic E-state index is 12.8. The number of carbonyl (C=O) groups is 2. The molecule has 0 bridgehead atoms. The summed E-state index contributed by atoms with van der Waals surface area (Å²) in [7, 11) is 1.82. The predicted molar refractivity (Wildman–Crippen MR) is 140 cm³/mol. The molecule has 0 saturated heterocycles. The van der Waals surface area contributed by atoms with E-state index in [-0.39, 0.29) is 23.7 Å². The van der Waals surface area contributed by atoms with Crippen LogP contribution in [-0.2, 0) is 17.6 Å². The number of carbonyl (C=O) groups excluding carboxylic acids is 2. The minimum absolute atomic E-state index is 0.0183. The number of amides is 2. The van der Waals surface area contributed by atoms with E-state index in [1.165, 1.54) is 5.56 Å². The molecule has 2 amide bonds. The Labute approximate surface area is 214 Å². The van der Waals surface area contributed by atoms with E-state index in [0.29, 0.717) is 24.5 Å². The number of primary amides is 1. The number of hydrogen-bond donors (Lipinski definition) is 2. The second kappa shape index (κ2) is 11.4. The summed E-state index contributed by atoms with van der Waals surface area (Å²) in [5.41, 5.74) is 9.06. The van der Waals surface area contributed by atoms with Crippen molar-refractivity contribution in [2.24, 2.45) is 17.6 Å². The molecule has 0 unspecified atom stereocenters. The summed E-state index contributed by atoms with van der Waals surface area (Å²) in [6.07, 6.45) is 6.04. The smallest absolute Gasteiger partial charge is 0.253 e. The molecule has 182 valence electrons. The lowest BCUT2D eigenvalue weighted by Crippen LogP contribution is -2.28. The number of nitrogens with two attached hydrogens (primary N) is 1. The van der Waals surface area contributed by atoms with Gasteiger partial charge in [0.05, 0.1) is 10.2 Å². The second-order valence-corrected chi connectivity index (χ2v) is 9.91. The van der Waals surface area contributed by atoms with Crippen molar-refractivity contribution in [1.82, 2.24) is 14.9 Å². The van der Waals surface area contributed by atoms with Crippen molar-refractivity contribution in [2.75, 3.05) is 18.9 Å². The number of hydrogen-bond acceptors (Lipinski definition) is 5. The van der Waals surface area contributed by atoms with E-state index in [1.54, 1.807) is 23.2 Å². The molecule has 3 N–H and O–H groups in total. The first-order chi connectivity index (χ1) is 16.9. The number of nitrogens with one attached hydrogen (secondary N) is 1. The van der Waals surface area contributed by atoms with Crippen LogP contribution in [0, 0.1) is 11.8 Å². The Morgan fingerprint density at radius 3 is 2.57 bits per heavy atom. The summed E-state index contributed by atoms with van der Waals surface area (Å²) < 4.78 is 0.817. The van der Waals surface area contributed by atoms with Crippen LogP contribution < -0.4 is 11.1 Å². The van der Waals surface area contributed by atoms with E-state index >= 15 is 0 Å². The van der Waals surface area contributed by atoms with E-state index in [9.17, 15) is 9.59 Å². The van der Waals surface area contributed by atoms with Gasteiger partial charge in [-0.3, -0.25) is 9.59 Å². The van der Waals surface area contributed by atoms with Gasteiger partial charge in [0.15, 0.2) is 0 Å². The molecule has 0 radical (unpaired) electrons. The van der Waals surface area contributed by atoms with Crippen LogP contribution in [0.1, 0.15) is 40.9 Å². The molecule has 8 heteroatoms. The summed E-state index contributed by atoms with van der Waals surface area (Å²) in [6.45, 7) is 0.649. The van der Waals surface area contributed by atoms with Crippen LogP contribution in [0.5, 0.6) is 0 Å². The molecule has 35 heavy (non-hydrogen) atoms. The van der Waals surface area contributed by atoms with Crippen LogP contribution in [0.3, 0.4) is 0 Å². The van der Waals surface area contributed by atoms with Crippen molar-refractivity contribution >= 4 is 39.4 Å². The third-order valence-electron chi connectivity index (χ3n) is 6.61. The highest BCUT2D eigenvalue weighted by Crippen LogP contribution is 2.35. The Morgan fingerprint density at radius 1 is 1.11 bits per heavy atom. The zero-order chi connectivity index (χ0) is 24.8. The molecule has 0 aliphatic heterocycles. The molecule has 3 aromatic rings. The van der Waals surface area contributed by atoms with Crippen LogP contribution in [0.25, 0.3) is 0 Å². The Kier molecular flexibility index (Phi) is 8.13. The number of halogens is 1. The molecule has 1 saturated carbocycles. The lowest BCUT2D eigenvalue weighted by Gasteiger charge is -2.18. The Bertz CT molecular complexity index is 1170. The van der Waals surface area contributed by atoms with Gasteiger partial charge < -0.3 is 16.0 Å². The van der Waals surface area contributed by atoms with Gasteiger partial charge in [0.1, 0.15) is 0 Å². The SMILES string of the molecule is CN(CCc1ccccc1)C(=O)c1ccc(Nc2ncc(Br)c(C[C@@H]3CCC[C@@H]3C(N)=O)n2)cc1. The monoisotopic (exact) mass is 535 g/mol. The number of nitrogens with zero attached hydrogens (tertiary/aromatic N) is 3. The van der Waals surface area contributed by atoms with Gasteiger partial charge in [0.25, 0.3) is 5.91 Å². The minimum atomic E-state index is -0.226. The highest BCUT2D eigenvalue weighted by molar-refractivity contribution is 9.10. The van der Waals surface area contributed by atoms with Gasteiger partial charge in [-0.1, -0.05) is 36.8 Å². The Hall–Kier alpha value is -3.26. The first-order valence-corrected chi connectivity index (χ1v) is 12.7. The zero-order valence-corrected chi connectivity index (χ0v) is 21.4. The first kappa shape index (κ1) is 24.9. The highest BCUT2D eigenvalue weighted by atomic mass is 79.9. The van der Waals surface area contributed by atoms with E-state index in [0.717, 1.165) is 41.5 Å². The number of rotatable bonds is 9. The molecule has 7 nitrogen and oxygen atoms in total. The van der Waals surface area contributed by atoms with Gasteiger partial charge in [0.2, 0.25) is 11.9 Å². The number of anilines is 2. The molecule has 1 aromatic heterocycles. The third-order valence-corrected chi connectivity index (χ3v) is 7.27. The van der Waals surface area contributed by atoms with Gasteiger partial charge in [-0.2, -0.15) is 0 Å². The third kappa shape index (κ3) is 6.45. The van der Waals surface area contributed by atoms with Crippen LogP contribution in [0.2, 0.25) is 0 Å². The fraction of sp³-hybridized carbons (Fsp3) is 0.333. The summed E-state index contributed by atoms with van der Waals surface area (Å²) in [6, 6.07) is 17.5. The van der Waals surface area contributed by atoms with Crippen LogP contribution in [-0.4, -0.2) is 40.3 Å². The number of likely N-dealkylation sites (N-methyl/N-ethyl adjacent to an activating group) is 1. The van der Waals surface area contributed by atoms with Crippen LogP contribution in [0.15, 0.2) is 65.3 Å².